The van der Waals surface area contributed by atoms with Crippen LogP contribution in [0.15, 0.2) is 39.5 Å². The van der Waals surface area contributed by atoms with Crippen molar-refractivity contribution in [2.75, 3.05) is 0 Å². The van der Waals surface area contributed by atoms with Crippen molar-refractivity contribution in [3.8, 4) is 0 Å². The van der Waals surface area contributed by atoms with E-state index in [-0.39, 0.29) is 20.4 Å². The Morgan fingerprint density at radius 2 is 0.429 bits per heavy atom. The van der Waals surface area contributed by atoms with Gasteiger partial charge >= 0.3 is 0 Å². The molecule has 0 saturated carbocycles. The first-order valence-corrected chi connectivity index (χ1v) is 1.50. The average Bonchev–Trinajstić information content (AvgIpc) is 1.81. The zero-order valence-electron chi connectivity index (χ0n) is 4.56. The Balaban J connectivity index is -0.00000000900. The van der Waals surface area contributed by atoms with Gasteiger partial charge in [-0.15, -0.1) is 39.5 Å². The van der Waals surface area contributed by atoms with Gasteiger partial charge in [0.05, 0.1) is 0 Å². The second-order valence-corrected chi connectivity index (χ2v) is 0. The van der Waals surface area contributed by atoms with Crippen LogP contribution in [-0.4, -0.2) is 0 Å². The zero-order chi connectivity index (χ0) is 6.00. The summed E-state index contributed by atoms with van der Waals surface area (Å²) in [6, 6.07) is 0. The van der Waals surface area contributed by atoms with Crippen molar-refractivity contribution >= 4 is 0 Å². The molecule has 0 bridgehead atoms. The largest absolute Gasteiger partial charge is 0.106 e. The van der Waals surface area contributed by atoms with E-state index in [0.717, 1.165) is 0 Å². The van der Waals surface area contributed by atoms with Crippen LogP contribution in [0.4, 0.5) is 0 Å². The molecule has 46 valence electrons. The van der Waals surface area contributed by atoms with Gasteiger partial charge in [-0.3, -0.25) is 0 Å². The van der Waals surface area contributed by atoms with Crippen molar-refractivity contribution in [1.82, 2.24) is 0 Å². The van der Waals surface area contributed by atoms with Crippen LogP contribution in [0.1, 0.15) is 0 Å². The number of rotatable bonds is 0. The molecule has 0 N–H and O–H groups in total. The van der Waals surface area contributed by atoms with Gasteiger partial charge in [0.2, 0.25) is 0 Å². The van der Waals surface area contributed by atoms with E-state index in [0.29, 0.717) is 0 Å². The van der Waals surface area contributed by atoms with Gasteiger partial charge in [-0.25, -0.2) is 0 Å². The van der Waals surface area contributed by atoms with Gasteiger partial charge in [0.15, 0.2) is 0 Å². The average molecular weight is 191 g/mol. The molecule has 0 aromatic carbocycles. The van der Waals surface area contributed by atoms with Crippen molar-refractivity contribution in [3.05, 3.63) is 39.5 Å². The van der Waals surface area contributed by atoms with Crippen LogP contribution in [0.5, 0.6) is 0 Å². The van der Waals surface area contributed by atoms with E-state index in [1.807, 2.05) is 0 Å². The molecule has 0 aromatic rings. The second-order valence-electron chi connectivity index (χ2n) is 0. The maximum absolute atomic E-state index is 3.00. The summed E-state index contributed by atoms with van der Waals surface area (Å²) in [5.74, 6) is 0. The van der Waals surface area contributed by atoms with Gasteiger partial charge < -0.3 is 0 Å². The molecular formula is C6H12Pd. The van der Waals surface area contributed by atoms with Crippen LogP contribution < -0.4 is 0 Å². The summed E-state index contributed by atoms with van der Waals surface area (Å²) in [7, 11) is 0. The van der Waals surface area contributed by atoms with Gasteiger partial charge in [-0.2, -0.15) is 0 Å². The summed E-state index contributed by atoms with van der Waals surface area (Å²) in [6.45, 7) is 18.0. The van der Waals surface area contributed by atoms with Crippen LogP contribution >= 0.6 is 0 Å². The predicted molar refractivity (Wildman–Crippen MR) is 33.8 cm³/mol. The number of hydrogen-bond acceptors (Lipinski definition) is 0. The van der Waals surface area contributed by atoms with Gasteiger partial charge in [0.25, 0.3) is 0 Å². The van der Waals surface area contributed by atoms with Crippen LogP contribution in [0.25, 0.3) is 0 Å². The second kappa shape index (κ2) is 10100. The van der Waals surface area contributed by atoms with Gasteiger partial charge in [-0.05, 0) is 0 Å². The van der Waals surface area contributed by atoms with Gasteiger partial charge in [0, 0.05) is 20.4 Å². The van der Waals surface area contributed by atoms with Crippen molar-refractivity contribution in [2.24, 2.45) is 0 Å². The van der Waals surface area contributed by atoms with E-state index >= 15 is 0 Å². The monoisotopic (exact) mass is 190 g/mol. The zero-order valence-corrected chi connectivity index (χ0v) is 6.11. The minimum atomic E-state index is 0. The van der Waals surface area contributed by atoms with Crippen molar-refractivity contribution in [2.45, 2.75) is 0 Å². The minimum Gasteiger partial charge on any atom is -0.106 e. The summed E-state index contributed by atoms with van der Waals surface area (Å²) in [5, 5.41) is 0. The quantitative estimate of drug-likeness (QED) is 0.407. The first-order chi connectivity index (χ1) is 3.00. The normalized spacial score (nSPS) is 1.71. The molecule has 0 unspecified atom stereocenters. The molecule has 0 aromatic heterocycles. The molecule has 0 nitrogen and oxygen atoms in total. The fraction of sp³-hybridized carbons (Fsp3) is 0. The third-order valence-corrected chi connectivity index (χ3v) is 0. The van der Waals surface area contributed by atoms with Gasteiger partial charge in [0.1, 0.15) is 0 Å². The topological polar surface area (TPSA) is 0 Å². The van der Waals surface area contributed by atoms with E-state index in [2.05, 4.69) is 39.5 Å². The molecule has 0 aliphatic carbocycles. The minimum absolute atomic E-state index is 0. The molecule has 0 amide bonds. The van der Waals surface area contributed by atoms with E-state index in [4.69, 9.17) is 0 Å². The predicted octanol–water partition coefficient (Wildman–Crippen LogP) is 2.40. The third-order valence-electron chi connectivity index (χ3n) is 0. The van der Waals surface area contributed by atoms with E-state index < -0.39 is 0 Å². The SMILES string of the molecule is C=C.C=C.C=C.[Pd]. The summed E-state index contributed by atoms with van der Waals surface area (Å²) in [6.07, 6.45) is 0. The molecule has 1 heteroatoms. The molecule has 0 rings (SSSR count). The Labute approximate surface area is 60.3 Å². The fourth-order valence-electron chi connectivity index (χ4n) is 0. The molecular weight excluding hydrogens is 178 g/mol. The molecule has 0 heterocycles. The summed E-state index contributed by atoms with van der Waals surface area (Å²) < 4.78 is 0. The Hall–Kier alpha value is -0.118. The van der Waals surface area contributed by atoms with E-state index in [1.165, 1.54) is 0 Å². The molecule has 0 radical (unpaired) electrons. The smallest absolute Gasteiger partial charge is 0 e. The summed E-state index contributed by atoms with van der Waals surface area (Å²) in [4.78, 5) is 0. The third kappa shape index (κ3) is 6400. The molecule has 0 fully saturated rings. The van der Waals surface area contributed by atoms with E-state index in [9.17, 15) is 0 Å². The Kier molecular flexibility index (Phi) is 41500. The van der Waals surface area contributed by atoms with Crippen molar-refractivity contribution in [1.29, 1.82) is 0 Å². The number of hydrogen-bond donors (Lipinski definition) is 0. The van der Waals surface area contributed by atoms with E-state index in [1.54, 1.807) is 0 Å². The molecule has 7 heavy (non-hydrogen) atoms. The summed E-state index contributed by atoms with van der Waals surface area (Å²) >= 11 is 0. The van der Waals surface area contributed by atoms with Gasteiger partial charge in [-0.1, -0.05) is 0 Å². The fourth-order valence-corrected chi connectivity index (χ4v) is 0. The van der Waals surface area contributed by atoms with Crippen LogP contribution in [0.2, 0.25) is 0 Å². The molecule has 0 spiro atoms. The molecule has 0 aliphatic heterocycles. The van der Waals surface area contributed by atoms with Crippen LogP contribution in [0.3, 0.4) is 0 Å². The molecule has 0 aliphatic rings. The first-order valence-electron chi connectivity index (χ1n) is 1.50. The first kappa shape index (κ1) is 28.7. The van der Waals surface area contributed by atoms with Crippen molar-refractivity contribution in [3.63, 3.8) is 0 Å². The summed E-state index contributed by atoms with van der Waals surface area (Å²) in [5.41, 5.74) is 0. The maximum atomic E-state index is 3.00. The standard InChI is InChI=1S/3C2H4.Pd/c3*1-2;/h3*1-2H2;. The Bertz CT molecular complexity index is 8.90. The maximum Gasteiger partial charge on any atom is 0 e. The Morgan fingerprint density at radius 1 is 0.429 bits per heavy atom. The van der Waals surface area contributed by atoms with Crippen molar-refractivity contribution < 1.29 is 20.4 Å². The van der Waals surface area contributed by atoms with Crippen LogP contribution in [0, 0.1) is 0 Å². The van der Waals surface area contributed by atoms with Crippen LogP contribution in [-0.2, 0) is 20.4 Å². The Morgan fingerprint density at radius 3 is 0.429 bits per heavy atom. The molecule has 0 saturated heterocycles. The molecule has 0 atom stereocenters.